The van der Waals surface area contributed by atoms with Gasteiger partial charge in [0.05, 0.1) is 16.3 Å². The summed E-state index contributed by atoms with van der Waals surface area (Å²) in [6, 6.07) is 12.5. The van der Waals surface area contributed by atoms with Gasteiger partial charge in [-0.25, -0.2) is 13.8 Å². The Morgan fingerprint density at radius 1 is 1.18 bits per heavy atom. The third kappa shape index (κ3) is 5.13. The molecule has 1 fully saturated rings. The fraction of sp³-hybridized carbons (Fsp3) is 0.333. The third-order valence-corrected chi connectivity index (χ3v) is 7.16. The SMILES string of the molecule is Cc1cc(C(=O)N[C@@H]2CCN(C(=O)c3cc(Cl)c4ncc(C)n4c3)C[C@@H]2c2ccccc2)n(CC(F)F)n1. The number of benzene rings is 1. The van der Waals surface area contributed by atoms with E-state index in [1.165, 1.54) is 6.07 Å². The van der Waals surface area contributed by atoms with Gasteiger partial charge in [0.25, 0.3) is 18.2 Å². The lowest BCUT2D eigenvalue weighted by Crippen LogP contribution is -2.51. The van der Waals surface area contributed by atoms with Crippen LogP contribution in [0.1, 0.15) is 50.1 Å². The van der Waals surface area contributed by atoms with Crippen LogP contribution in [0.2, 0.25) is 5.02 Å². The lowest BCUT2D eigenvalue weighted by Gasteiger charge is -2.39. The molecule has 5 rings (SSSR count). The molecular weight excluding hydrogens is 514 g/mol. The number of pyridine rings is 1. The molecule has 8 nitrogen and oxygen atoms in total. The van der Waals surface area contributed by atoms with E-state index in [0.717, 1.165) is 15.9 Å². The number of carbonyl (C=O) groups excluding carboxylic acids is 2. The number of alkyl halides is 2. The Kier molecular flexibility index (Phi) is 7.16. The van der Waals surface area contributed by atoms with Gasteiger partial charge >= 0.3 is 0 Å². The number of carbonyl (C=O) groups is 2. The minimum atomic E-state index is -2.63. The Balaban J connectivity index is 1.40. The van der Waals surface area contributed by atoms with Gasteiger partial charge in [-0.3, -0.25) is 14.3 Å². The highest BCUT2D eigenvalue weighted by Crippen LogP contribution is 2.30. The summed E-state index contributed by atoms with van der Waals surface area (Å²) in [4.78, 5) is 32.8. The average molecular weight is 541 g/mol. The van der Waals surface area contributed by atoms with E-state index >= 15 is 0 Å². The summed E-state index contributed by atoms with van der Waals surface area (Å²) in [6.45, 7) is 3.65. The van der Waals surface area contributed by atoms with Crippen molar-refractivity contribution < 1.29 is 18.4 Å². The number of hydrogen-bond donors (Lipinski definition) is 1. The number of piperidine rings is 1. The van der Waals surface area contributed by atoms with Gasteiger partial charge in [-0.05, 0) is 38.0 Å². The molecule has 4 heterocycles. The predicted molar refractivity (Wildman–Crippen MR) is 139 cm³/mol. The highest BCUT2D eigenvalue weighted by Gasteiger charge is 2.35. The van der Waals surface area contributed by atoms with Gasteiger partial charge in [0, 0.05) is 43.1 Å². The third-order valence-electron chi connectivity index (χ3n) is 6.88. The fourth-order valence-corrected chi connectivity index (χ4v) is 5.31. The molecule has 1 aliphatic heterocycles. The normalized spacial score (nSPS) is 17.8. The first-order valence-electron chi connectivity index (χ1n) is 12.3. The maximum Gasteiger partial charge on any atom is 0.269 e. The van der Waals surface area contributed by atoms with Crippen LogP contribution in [0.3, 0.4) is 0 Å². The topological polar surface area (TPSA) is 84.5 Å². The van der Waals surface area contributed by atoms with Gasteiger partial charge in [-0.1, -0.05) is 41.9 Å². The van der Waals surface area contributed by atoms with Gasteiger partial charge in [0.15, 0.2) is 5.65 Å². The van der Waals surface area contributed by atoms with Crippen molar-refractivity contribution >= 4 is 29.1 Å². The quantitative estimate of drug-likeness (QED) is 0.390. The summed E-state index contributed by atoms with van der Waals surface area (Å²) in [6.07, 6.45) is 1.29. The second-order valence-electron chi connectivity index (χ2n) is 9.55. The number of nitrogens with zero attached hydrogens (tertiary/aromatic N) is 5. The van der Waals surface area contributed by atoms with Crippen LogP contribution in [0.5, 0.6) is 0 Å². The Morgan fingerprint density at radius 2 is 1.95 bits per heavy atom. The van der Waals surface area contributed by atoms with Gasteiger partial charge < -0.3 is 14.6 Å². The zero-order valence-electron chi connectivity index (χ0n) is 20.9. The van der Waals surface area contributed by atoms with Gasteiger partial charge in [0.2, 0.25) is 0 Å². The van der Waals surface area contributed by atoms with E-state index in [1.807, 2.05) is 37.3 Å². The smallest absolute Gasteiger partial charge is 0.269 e. The standard InChI is InChI=1S/C27H27ClF2N6O2/c1-16-10-23(36(33-16)15-24(29)30)26(37)32-22-8-9-34(14-20(22)18-6-4-3-5-7-18)27(38)19-11-21(28)25-31-12-17(2)35(25)13-19/h3-7,10-13,20,22,24H,8-9,14-15H2,1-2H3,(H,32,37)/t20-,22-/m1/s1. The van der Waals surface area contributed by atoms with E-state index in [1.54, 1.807) is 34.7 Å². The number of amides is 2. The number of likely N-dealkylation sites (tertiary alicyclic amines) is 1. The Hall–Kier alpha value is -3.79. The minimum Gasteiger partial charge on any atom is -0.347 e. The van der Waals surface area contributed by atoms with Crippen LogP contribution < -0.4 is 5.32 Å². The maximum absolute atomic E-state index is 13.6. The van der Waals surface area contributed by atoms with Crippen LogP contribution in [-0.4, -0.2) is 61.4 Å². The van der Waals surface area contributed by atoms with Crippen molar-refractivity contribution in [3.63, 3.8) is 0 Å². The molecule has 0 aliphatic carbocycles. The summed E-state index contributed by atoms with van der Waals surface area (Å²) >= 11 is 6.41. The molecule has 1 aliphatic rings. The highest BCUT2D eigenvalue weighted by molar-refractivity contribution is 6.33. The maximum atomic E-state index is 13.6. The van der Waals surface area contributed by atoms with Crippen molar-refractivity contribution in [1.29, 1.82) is 0 Å². The van der Waals surface area contributed by atoms with Crippen molar-refractivity contribution in [1.82, 2.24) is 29.4 Å². The molecule has 0 radical (unpaired) electrons. The molecule has 0 bridgehead atoms. The summed E-state index contributed by atoms with van der Waals surface area (Å²) in [5.41, 5.74) is 3.44. The van der Waals surface area contributed by atoms with Crippen LogP contribution in [-0.2, 0) is 6.54 Å². The Bertz CT molecular complexity index is 1490. The molecule has 2 atom stereocenters. The summed E-state index contributed by atoms with van der Waals surface area (Å²) < 4.78 is 28.9. The van der Waals surface area contributed by atoms with Crippen molar-refractivity contribution in [2.75, 3.05) is 13.1 Å². The molecule has 1 aromatic carbocycles. The predicted octanol–water partition coefficient (Wildman–Crippen LogP) is 4.49. The van der Waals surface area contributed by atoms with Crippen LogP contribution in [0, 0.1) is 13.8 Å². The minimum absolute atomic E-state index is 0.0896. The van der Waals surface area contributed by atoms with E-state index in [9.17, 15) is 18.4 Å². The average Bonchev–Trinajstić information content (AvgIpc) is 3.46. The fourth-order valence-electron chi connectivity index (χ4n) is 5.05. The Labute approximate surface area is 223 Å². The lowest BCUT2D eigenvalue weighted by molar-refractivity contribution is 0.0669. The van der Waals surface area contributed by atoms with Gasteiger partial charge in [-0.15, -0.1) is 0 Å². The largest absolute Gasteiger partial charge is 0.347 e. The number of imidazole rings is 1. The zero-order valence-corrected chi connectivity index (χ0v) is 21.7. The summed E-state index contributed by atoms with van der Waals surface area (Å²) in [5.74, 6) is -0.845. The van der Waals surface area contributed by atoms with E-state index in [4.69, 9.17) is 11.6 Å². The number of fused-ring (bicyclic) bond motifs is 1. The molecule has 198 valence electrons. The lowest BCUT2D eigenvalue weighted by atomic mass is 9.85. The molecule has 0 unspecified atom stereocenters. The van der Waals surface area contributed by atoms with Crippen LogP contribution in [0.15, 0.2) is 54.9 Å². The number of aryl methyl sites for hydroxylation is 2. The molecule has 38 heavy (non-hydrogen) atoms. The van der Waals surface area contributed by atoms with Crippen molar-refractivity contribution in [3.8, 4) is 0 Å². The van der Waals surface area contributed by atoms with Gasteiger partial charge in [-0.2, -0.15) is 5.10 Å². The van der Waals surface area contributed by atoms with Crippen molar-refractivity contribution in [2.24, 2.45) is 0 Å². The molecule has 1 saturated heterocycles. The molecule has 1 N–H and O–H groups in total. The van der Waals surface area contributed by atoms with Crippen LogP contribution in [0.25, 0.3) is 5.65 Å². The summed E-state index contributed by atoms with van der Waals surface area (Å²) in [7, 11) is 0. The first-order valence-corrected chi connectivity index (χ1v) is 12.7. The van der Waals surface area contributed by atoms with E-state index in [2.05, 4.69) is 15.4 Å². The van der Waals surface area contributed by atoms with E-state index < -0.39 is 18.9 Å². The molecular formula is C27H27ClF2N6O2. The molecule has 3 aromatic heterocycles. The number of halogens is 3. The first-order chi connectivity index (χ1) is 18.2. The summed E-state index contributed by atoms with van der Waals surface area (Å²) in [5, 5.41) is 7.47. The first kappa shape index (κ1) is 25.8. The molecule has 0 saturated carbocycles. The van der Waals surface area contributed by atoms with Crippen LogP contribution in [0.4, 0.5) is 8.78 Å². The van der Waals surface area contributed by atoms with E-state index in [0.29, 0.717) is 41.4 Å². The molecule has 0 spiro atoms. The zero-order chi connectivity index (χ0) is 27.0. The second kappa shape index (κ2) is 10.5. The number of hydrogen-bond acceptors (Lipinski definition) is 4. The van der Waals surface area contributed by atoms with Crippen LogP contribution >= 0.6 is 11.6 Å². The number of aromatic nitrogens is 4. The highest BCUT2D eigenvalue weighted by atomic mass is 35.5. The monoisotopic (exact) mass is 540 g/mol. The van der Waals surface area contributed by atoms with E-state index in [-0.39, 0.29) is 23.6 Å². The molecule has 11 heteroatoms. The molecule has 4 aromatic rings. The number of rotatable bonds is 6. The van der Waals surface area contributed by atoms with Gasteiger partial charge in [0.1, 0.15) is 12.2 Å². The second-order valence-corrected chi connectivity index (χ2v) is 9.96. The Morgan fingerprint density at radius 3 is 2.68 bits per heavy atom. The molecule has 2 amide bonds. The number of nitrogens with one attached hydrogen (secondary N) is 1. The van der Waals surface area contributed by atoms with Crippen molar-refractivity contribution in [2.45, 2.75) is 45.2 Å². The van der Waals surface area contributed by atoms with Crippen molar-refractivity contribution in [3.05, 3.63) is 88.1 Å².